The van der Waals surface area contributed by atoms with Gasteiger partial charge in [0.1, 0.15) is 0 Å². The molecule has 0 amide bonds. The smallest absolute Gasteiger partial charge is 0.303 e. The Morgan fingerprint density at radius 2 is 2.23 bits per heavy atom. The molecule has 1 aliphatic carbocycles. The molecular formula is C11H18O2. The maximum Gasteiger partial charge on any atom is 0.303 e. The maximum atomic E-state index is 10.2. The molecule has 1 rings (SSSR count). The molecular weight excluding hydrogens is 164 g/mol. The average Bonchev–Trinajstić information content (AvgIpc) is 2.14. The third-order valence-corrected chi connectivity index (χ3v) is 2.52. The maximum absolute atomic E-state index is 10.2. The van der Waals surface area contributed by atoms with Gasteiger partial charge in [-0.2, -0.15) is 0 Å². The largest absolute Gasteiger partial charge is 0.481 e. The monoisotopic (exact) mass is 182 g/mol. The summed E-state index contributed by atoms with van der Waals surface area (Å²) in [5, 5.41) is 8.44. The minimum absolute atomic E-state index is 0.327. The Morgan fingerprint density at radius 3 is 2.85 bits per heavy atom. The first-order chi connectivity index (χ1) is 6.29. The topological polar surface area (TPSA) is 37.3 Å². The summed E-state index contributed by atoms with van der Waals surface area (Å²) in [4.78, 5) is 10.2. The van der Waals surface area contributed by atoms with Crippen molar-refractivity contribution in [3.05, 3.63) is 11.6 Å². The second kappa shape index (κ2) is 5.79. The van der Waals surface area contributed by atoms with Gasteiger partial charge in [-0.1, -0.05) is 11.6 Å². The molecule has 0 heterocycles. The molecule has 0 bridgehead atoms. The Labute approximate surface area is 79.6 Å². The minimum atomic E-state index is -0.669. The number of carboxylic acid groups (broad SMARTS) is 1. The van der Waals surface area contributed by atoms with Crippen LogP contribution in [-0.2, 0) is 4.79 Å². The highest BCUT2D eigenvalue weighted by molar-refractivity contribution is 5.66. The fourth-order valence-electron chi connectivity index (χ4n) is 1.76. The predicted molar refractivity (Wildman–Crippen MR) is 52.7 cm³/mol. The number of carboxylic acids is 1. The summed E-state index contributed by atoms with van der Waals surface area (Å²) in [6.45, 7) is 0. The molecule has 0 fully saturated rings. The summed E-state index contributed by atoms with van der Waals surface area (Å²) in [6.07, 6.45) is 10.8. The average molecular weight is 182 g/mol. The molecule has 0 aromatic heterocycles. The van der Waals surface area contributed by atoms with Crippen LogP contribution in [0.5, 0.6) is 0 Å². The van der Waals surface area contributed by atoms with Crippen molar-refractivity contribution < 1.29 is 9.90 Å². The van der Waals surface area contributed by atoms with Gasteiger partial charge in [0.15, 0.2) is 0 Å². The summed E-state index contributed by atoms with van der Waals surface area (Å²) in [5.41, 5.74) is 1.55. The van der Waals surface area contributed by atoms with E-state index >= 15 is 0 Å². The molecule has 0 unspecified atom stereocenters. The van der Waals surface area contributed by atoms with E-state index in [1.165, 1.54) is 25.7 Å². The van der Waals surface area contributed by atoms with Gasteiger partial charge in [0.2, 0.25) is 0 Å². The molecule has 1 N–H and O–H groups in total. The van der Waals surface area contributed by atoms with Gasteiger partial charge in [-0.05, 0) is 44.9 Å². The van der Waals surface area contributed by atoms with Crippen LogP contribution in [0.25, 0.3) is 0 Å². The van der Waals surface area contributed by atoms with E-state index in [4.69, 9.17) is 5.11 Å². The van der Waals surface area contributed by atoms with Crippen LogP contribution >= 0.6 is 0 Å². The van der Waals surface area contributed by atoms with Crippen LogP contribution in [0, 0.1) is 0 Å². The molecule has 74 valence electrons. The van der Waals surface area contributed by atoms with Crippen LogP contribution in [0.15, 0.2) is 11.6 Å². The minimum Gasteiger partial charge on any atom is -0.481 e. The number of aliphatic carboxylic acids is 1. The SMILES string of the molecule is O=C(O)CCCCC1=CCCCC1. The standard InChI is InChI=1S/C11H18O2/c12-11(13)9-5-4-8-10-6-2-1-3-7-10/h6H,1-5,7-9H2,(H,12,13). The molecule has 13 heavy (non-hydrogen) atoms. The van der Waals surface area contributed by atoms with Gasteiger partial charge in [-0.15, -0.1) is 0 Å². The van der Waals surface area contributed by atoms with Crippen molar-refractivity contribution in [1.29, 1.82) is 0 Å². The summed E-state index contributed by atoms with van der Waals surface area (Å²) in [7, 11) is 0. The van der Waals surface area contributed by atoms with Crippen LogP contribution in [0.2, 0.25) is 0 Å². The Morgan fingerprint density at radius 1 is 1.38 bits per heavy atom. The van der Waals surface area contributed by atoms with E-state index in [9.17, 15) is 4.79 Å². The van der Waals surface area contributed by atoms with E-state index in [-0.39, 0.29) is 0 Å². The summed E-state index contributed by atoms with van der Waals surface area (Å²) >= 11 is 0. The lowest BCUT2D eigenvalue weighted by Crippen LogP contribution is -1.95. The molecule has 1 aliphatic rings. The van der Waals surface area contributed by atoms with Crippen LogP contribution in [0.3, 0.4) is 0 Å². The number of hydrogen-bond donors (Lipinski definition) is 1. The molecule has 0 radical (unpaired) electrons. The summed E-state index contributed by atoms with van der Waals surface area (Å²) < 4.78 is 0. The summed E-state index contributed by atoms with van der Waals surface area (Å²) in [5.74, 6) is -0.669. The molecule has 0 spiro atoms. The van der Waals surface area contributed by atoms with E-state index in [0.29, 0.717) is 6.42 Å². The quantitative estimate of drug-likeness (QED) is 0.524. The second-order valence-corrected chi connectivity index (χ2v) is 3.71. The molecule has 2 nitrogen and oxygen atoms in total. The summed E-state index contributed by atoms with van der Waals surface area (Å²) in [6, 6.07) is 0. The zero-order valence-electron chi connectivity index (χ0n) is 8.09. The van der Waals surface area contributed by atoms with Crippen molar-refractivity contribution in [2.75, 3.05) is 0 Å². The normalized spacial score (nSPS) is 16.8. The third-order valence-electron chi connectivity index (χ3n) is 2.52. The van der Waals surface area contributed by atoms with Crippen molar-refractivity contribution in [2.45, 2.75) is 51.4 Å². The Hall–Kier alpha value is -0.790. The van der Waals surface area contributed by atoms with E-state index in [1.807, 2.05) is 0 Å². The van der Waals surface area contributed by atoms with Gasteiger partial charge in [0.05, 0.1) is 0 Å². The van der Waals surface area contributed by atoms with Crippen LogP contribution in [-0.4, -0.2) is 11.1 Å². The van der Waals surface area contributed by atoms with E-state index < -0.39 is 5.97 Å². The Bertz CT molecular complexity index is 194. The number of unbranched alkanes of at least 4 members (excludes halogenated alkanes) is 1. The van der Waals surface area contributed by atoms with Crippen molar-refractivity contribution in [3.63, 3.8) is 0 Å². The van der Waals surface area contributed by atoms with Crippen LogP contribution < -0.4 is 0 Å². The molecule has 0 saturated carbocycles. The lowest BCUT2D eigenvalue weighted by Gasteiger charge is -2.11. The third kappa shape index (κ3) is 4.71. The lowest BCUT2D eigenvalue weighted by molar-refractivity contribution is -0.137. The van der Waals surface area contributed by atoms with E-state index in [2.05, 4.69) is 6.08 Å². The highest BCUT2D eigenvalue weighted by atomic mass is 16.4. The van der Waals surface area contributed by atoms with Gasteiger partial charge >= 0.3 is 5.97 Å². The van der Waals surface area contributed by atoms with Gasteiger partial charge in [0.25, 0.3) is 0 Å². The van der Waals surface area contributed by atoms with Crippen molar-refractivity contribution in [2.24, 2.45) is 0 Å². The first-order valence-corrected chi connectivity index (χ1v) is 5.19. The van der Waals surface area contributed by atoms with Crippen LogP contribution in [0.1, 0.15) is 51.4 Å². The molecule has 0 aromatic rings. The zero-order valence-corrected chi connectivity index (χ0v) is 8.09. The van der Waals surface area contributed by atoms with Crippen molar-refractivity contribution in [3.8, 4) is 0 Å². The fourth-order valence-corrected chi connectivity index (χ4v) is 1.76. The number of rotatable bonds is 5. The Balaban J connectivity index is 2.04. The fraction of sp³-hybridized carbons (Fsp3) is 0.727. The molecule has 0 saturated heterocycles. The first-order valence-electron chi connectivity index (χ1n) is 5.19. The molecule has 0 aliphatic heterocycles. The van der Waals surface area contributed by atoms with Gasteiger partial charge in [-0.25, -0.2) is 0 Å². The van der Waals surface area contributed by atoms with E-state index in [0.717, 1.165) is 19.3 Å². The predicted octanol–water partition coefficient (Wildman–Crippen LogP) is 3.13. The van der Waals surface area contributed by atoms with Crippen molar-refractivity contribution in [1.82, 2.24) is 0 Å². The lowest BCUT2D eigenvalue weighted by atomic mass is 9.95. The van der Waals surface area contributed by atoms with E-state index in [1.54, 1.807) is 5.57 Å². The number of carbonyl (C=O) groups is 1. The van der Waals surface area contributed by atoms with Gasteiger partial charge in [-0.3, -0.25) is 4.79 Å². The van der Waals surface area contributed by atoms with Gasteiger partial charge in [0, 0.05) is 6.42 Å². The van der Waals surface area contributed by atoms with Crippen molar-refractivity contribution >= 4 is 5.97 Å². The highest BCUT2D eigenvalue weighted by Gasteiger charge is 2.03. The molecule has 2 heteroatoms. The van der Waals surface area contributed by atoms with Gasteiger partial charge < -0.3 is 5.11 Å². The van der Waals surface area contributed by atoms with Crippen LogP contribution in [0.4, 0.5) is 0 Å². The second-order valence-electron chi connectivity index (χ2n) is 3.71. The first kappa shape index (κ1) is 10.3. The number of allylic oxidation sites excluding steroid dienone is 2. The molecule has 0 aromatic carbocycles. The Kier molecular flexibility index (Phi) is 4.58. The number of hydrogen-bond acceptors (Lipinski definition) is 1. The zero-order chi connectivity index (χ0) is 9.52. The molecule has 0 atom stereocenters. The highest BCUT2D eigenvalue weighted by Crippen LogP contribution is 2.21.